The molecule has 29 heavy (non-hydrogen) atoms. The number of Topliss-reactive ketones (excluding diaryl/α,β-unsaturated/α-hetero) is 1. The van der Waals surface area contributed by atoms with Crippen LogP contribution >= 0.6 is 0 Å². The molecule has 154 valence electrons. The van der Waals surface area contributed by atoms with Gasteiger partial charge in [-0.1, -0.05) is 0 Å². The summed E-state index contributed by atoms with van der Waals surface area (Å²) in [4.78, 5) is 34.5. The second-order valence-electron chi connectivity index (χ2n) is 6.67. The van der Waals surface area contributed by atoms with Crippen LogP contribution in [0.3, 0.4) is 0 Å². The van der Waals surface area contributed by atoms with Crippen molar-refractivity contribution in [3.63, 3.8) is 0 Å². The molecule has 0 amide bonds. The average Bonchev–Trinajstić information content (AvgIpc) is 2.99. The molecule has 2 rings (SSSR count). The Labute approximate surface area is 168 Å². The van der Waals surface area contributed by atoms with Crippen LogP contribution in [0, 0.1) is 24.0 Å². The molecule has 1 heterocycles. The zero-order valence-corrected chi connectivity index (χ0v) is 16.9. The number of nitro groups is 1. The van der Waals surface area contributed by atoms with E-state index in [0.29, 0.717) is 17.7 Å². The summed E-state index contributed by atoms with van der Waals surface area (Å²) in [6.45, 7) is 5.91. The fourth-order valence-electron chi connectivity index (χ4n) is 3.19. The highest BCUT2D eigenvalue weighted by Gasteiger charge is 2.19. The molecule has 0 aliphatic heterocycles. The maximum atomic E-state index is 12.5. The fourth-order valence-corrected chi connectivity index (χ4v) is 3.19. The van der Waals surface area contributed by atoms with E-state index in [0.717, 1.165) is 11.4 Å². The van der Waals surface area contributed by atoms with Crippen LogP contribution in [0.5, 0.6) is 0 Å². The summed E-state index contributed by atoms with van der Waals surface area (Å²) in [6.07, 6.45) is 2.65. The van der Waals surface area contributed by atoms with Crippen molar-refractivity contribution in [3.05, 3.63) is 69.0 Å². The molecule has 2 aromatic rings. The Morgan fingerprint density at radius 2 is 1.90 bits per heavy atom. The third-order valence-corrected chi connectivity index (χ3v) is 4.49. The number of hydrogen-bond acceptors (Lipinski definition) is 6. The van der Waals surface area contributed by atoms with E-state index in [1.807, 2.05) is 25.3 Å². The van der Waals surface area contributed by atoms with Crippen molar-refractivity contribution in [3.8, 4) is 0 Å². The fraction of sp³-hybridized carbons (Fsp3) is 0.333. The lowest BCUT2D eigenvalue weighted by Gasteiger charge is -2.17. The van der Waals surface area contributed by atoms with Gasteiger partial charge in [0.1, 0.15) is 0 Å². The molecule has 1 atom stereocenters. The molecule has 1 aromatic heterocycles. The zero-order valence-electron chi connectivity index (χ0n) is 16.9. The maximum Gasteiger partial charge on any atom is 0.331 e. The first-order chi connectivity index (χ1) is 13.7. The first kappa shape index (κ1) is 22.0. The minimum absolute atomic E-state index is 0.0345. The van der Waals surface area contributed by atoms with Gasteiger partial charge in [0.2, 0.25) is 5.78 Å². The van der Waals surface area contributed by atoms with E-state index in [1.54, 1.807) is 13.2 Å². The number of ether oxygens (including phenoxy) is 2. The minimum Gasteiger partial charge on any atom is -0.454 e. The number of ketones is 1. The van der Waals surface area contributed by atoms with Crippen LogP contribution in [0.1, 0.15) is 40.3 Å². The Morgan fingerprint density at radius 3 is 2.48 bits per heavy atom. The van der Waals surface area contributed by atoms with E-state index in [2.05, 4.69) is 0 Å². The number of carbonyl (C=O) groups excluding carboxylic acids is 2. The third kappa shape index (κ3) is 5.61. The van der Waals surface area contributed by atoms with Gasteiger partial charge in [0.15, 0.2) is 6.61 Å². The van der Waals surface area contributed by atoms with Gasteiger partial charge in [-0.15, -0.1) is 0 Å². The number of esters is 1. The smallest absolute Gasteiger partial charge is 0.331 e. The monoisotopic (exact) mass is 400 g/mol. The van der Waals surface area contributed by atoms with Crippen LogP contribution in [0.4, 0.5) is 5.69 Å². The second-order valence-corrected chi connectivity index (χ2v) is 6.67. The lowest BCUT2D eigenvalue weighted by atomic mass is 10.1. The zero-order chi connectivity index (χ0) is 21.6. The minimum atomic E-state index is -0.668. The first-order valence-electron chi connectivity index (χ1n) is 9.04. The summed E-state index contributed by atoms with van der Waals surface area (Å²) in [5, 5.41) is 10.6. The molecule has 0 saturated heterocycles. The van der Waals surface area contributed by atoms with E-state index < -0.39 is 10.9 Å². The molecular weight excluding hydrogens is 376 g/mol. The maximum absolute atomic E-state index is 12.5. The van der Waals surface area contributed by atoms with Gasteiger partial charge in [-0.2, -0.15) is 0 Å². The summed E-state index contributed by atoms with van der Waals surface area (Å²) >= 11 is 0. The van der Waals surface area contributed by atoms with Crippen molar-refractivity contribution in [2.45, 2.75) is 26.8 Å². The van der Waals surface area contributed by atoms with E-state index in [1.165, 1.54) is 36.4 Å². The van der Waals surface area contributed by atoms with Gasteiger partial charge >= 0.3 is 5.97 Å². The van der Waals surface area contributed by atoms with Crippen molar-refractivity contribution in [2.75, 3.05) is 20.3 Å². The topological polar surface area (TPSA) is 101 Å². The number of rotatable bonds is 9. The molecule has 1 aromatic carbocycles. The standard InChI is InChI=1S/C21H24N2O6/c1-14-11-19(16(3)22(14)15(2)12-28-4)20(24)13-29-21(25)10-7-17-5-8-18(9-6-17)23(26)27/h5-11,15H,12-13H2,1-4H3/b10-7+/t15-/m1/s1. The molecule has 0 bridgehead atoms. The average molecular weight is 400 g/mol. The lowest BCUT2D eigenvalue weighted by Crippen LogP contribution is -2.16. The number of hydrogen-bond donors (Lipinski definition) is 0. The Hall–Kier alpha value is -3.26. The van der Waals surface area contributed by atoms with Gasteiger partial charge in [0, 0.05) is 42.3 Å². The highest BCUT2D eigenvalue weighted by molar-refractivity contribution is 6.00. The number of nitrogens with zero attached hydrogens (tertiary/aromatic N) is 2. The Kier molecular flexibility index (Phi) is 7.44. The van der Waals surface area contributed by atoms with Crippen LogP contribution in [-0.4, -0.2) is 41.6 Å². The third-order valence-electron chi connectivity index (χ3n) is 4.49. The number of aromatic nitrogens is 1. The van der Waals surface area contributed by atoms with Crippen molar-refractivity contribution < 1.29 is 24.0 Å². The van der Waals surface area contributed by atoms with Gasteiger partial charge in [0.25, 0.3) is 5.69 Å². The molecule has 8 heteroatoms. The van der Waals surface area contributed by atoms with Crippen LogP contribution < -0.4 is 0 Å². The predicted molar refractivity (Wildman–Crippen MR) is 108 cm³/mol. The van der Waals surface area contributed by atoms with Gasteiger partial charge in [0.05, 0.1) is 17.6 Å². The number of carbonyl (C=O) groups is 2. The molecule has 0 spiro atoms. The molecule has 0 radical (unpaired) electrons. The Balaban J connectivity index is 1.97. The molecule has 0 N–H and O–H groups in total. The SMILES string of the molecule is COC[C@@H](C)n1c(C)cc(C(=O)COC(=O)/C=C/c2ccc([N+](=O)[O-])cc2)c1C. The van der Waals surface area contributed by atoms with E-state index >= 15 is 0 Å². The summed E-state index contributed by atoms with van der Waals surface area (Å²) < 4.78 is 12.2. The number of aryl methyl sites for hydroxylation is 1. The summed E-state index contributed by atoms with van der Waals surface area (Å²) in [5.41, 5.74) is 2.81. The highest BCUT2D eigenvalue weighted by Crippen LogP contribution is 2.21. The summed E-state index contributed by atoms with van der Waals surface area (Å²) in [5.74, 6) is -0.954. The molecule has 0 saturated carbocycles. The summed E-state index contributed by atoms with van der Waals surface area (Å²) in [6, 6.07) is 7.58. The van der Waals surface area contributed by atoms with E-state index in [9.17, 15) is 19.7 Å². The van der Waals surface area contributed by atoms with Crippen molar-refractivity contribution >= 4 is 23.5 Å². The summed E-state index contributed by atoms with van der Waals surface area (Å²) in [7, 11) is 1.63. The van der Waals surface area contributed by atoms with Crippen molar-refractivity contribution in [2.24, 2.45) is 0 Å². The number of methoxy groups -OCH3 is 1. The van der Waals surface area contributed by atoms with Crippen molar-refractivity contribution in [1.82, 2.24) is 4.57 Å². The molecule has 0 aliphatic carbocycles. The second kappa shape index (κ2) is 9.79. The van der Waals surface area contributed by atoms with Gasteiger partial charge in [-0.05, 0) is 50.6 Å². The van der Waals surface area contributed by atoms with Gasteiger partial charge < -0.3 is 14.0 Å². The van der Waals surface area contributed by atoms with Crippen LogP contribution in [-0.2, 0) is 14.3 Å². The van der Waals surface area contributed by atoms with Gasteiger partial charge in [-0.3, -0.25) is 14.9 Å². The first-order valence-corrected chi connectivity index (χ1v) is 9.04. The Morgan fingerprint density at radius 1 is 1.24 bits per heavy atom. The molecule has 8 nitrogen and oxygen atoms in total. The van der Waals surface area contributed by atoms with E-state index in [-0.39, 0.29) is 24.1 Å². The molecule has 0 fully saturated rings. The van der Waals surface area contributed by atoms with Crippen LogP contribution in [0.2, 0.25) is 0 Å². The Bertz CT molecular complexity index is 927. The number of benzene rings is 1. The molecular formula is C21H24N2O6. The molecule has 0 aliphatic rings. The lowest BCUT2D eigenvalue weighted by molar-refractivity contribution is -0.384. The normalized spacial score (nSPS) is 12.1. The molecule has 0 unspecified atom stereocenters. The van der Waals surface area contributed by atoms with Crippen LogP contribution in [0.15, 0.2) is 36.4 Å². The number of non-ortho nitro benzene ring substituents is 1. The van der Waals surface area contributed by atoms with E-state index in [4.69, 9.17) is 9.47 Å². The number of nitro benzene ring substituents is 1. The predicted octanol–water partition coefficient (Wildman–Crippen LogP) is 3.66. The van der Waals surface area contributed by atoms with Crippen LogP contribution in [0.25, 0.3) is 6.08 Å². The van der Waals surface area contributed by atoms with Gasteiger partial charge in [-0.25, -0.2) is 4.79 Å². The largest absolute Gasteiger partial charge is 0.454 e. The quantitative estimate of drug-likeness (QED) is 0.209. The highest BCUT2D eigenvalue weighted by atomic mass is 16.6. The van der Waals surface area contributed by atoms with Crippen molar-refractivity contribution in [1.29, 1.82) is 0 Å².